The fraction of sp³-hybridized carbons (Fsp3) is 0.0625. The number of rotatable bonds is 4. The number of carbonyl (C=O) groups is 1. The number of benzene rings is 1. The molecule has 1 N–H and O–H groups in total. The summed E-state index contributed by atoms with van der Waals surface area (Å²) in [5.74, 6) is -0.178. The van der Waals surface area contributed by atoms with Crippen LogP contribution in [-0.2, 0) is 6.54 Å². The van der Waals surface area contributed by atoms with Crippen molar-refractivity contribution in [3.05, 3.63) is 70.5 Å². The average Bonchev–Trinajstić information content (AvgIpc) is 3.08. The molecule has 0 spiro atoms. The Bertz CT molecular complexity index is 772. The number of aromatic nitrogens is 2. The Hall–Kier alpha value is -2.24. The zero-order valence-electron chi connectivity index (χ0n) is 11.5. The topological polar surface area (TPSA) is 54.9 Å². The summed E-state index contributed by atoms with van der Waals surface area (Å²) >= 11 is 7.57. The van der Waals surface area contributed by atoms with Gasteiger partial charge in [-0.1, -0.05) is 29.8 Å². The van der Waals surface area contributed by atoms with Gasteiger partial charge in [-0.25, -0.2) is 0 Å². The third kappa shape index (κ3) is 3.32. The molecule has 2 aromatic heterocycles. The lowest BCUT2D eigenvalue weighted by Crippen LogP contribution is -2.23. The van der Waals surface area contributed by atoms with Crippen LogP contribution in [0.4, 0.5) is 0 Å². The van der Waals surface area contributed by atoms with E-state index in [2.05, 4.69) is 15.3 Å². The predicted molar refractivity (Wildman–Crippen MR) is 88.0 cm³/mol. The first-order chi connectivity index (χ1) is 10.7. The normalized spacial score (nSPS) is 10.4. The lowest BCUT2D eigenvalue weighted by Gasteiger charge is -2.07. The molecule has 0 radical (unpaired) electrons. The fourth-order valence-corrected chi connectivity index (χ4v) is 2.74. The van der Waals surface area contributed by atoms with Gasteiger partial charge in [0.15, 0.2) is 0 Å². The van der Waals surface area contributed by atoms with E-state index in [1.807, 2.05) is 24.3 Å². The molecule has 0 saturated heterocycles. The minimum atomic E-state index is -0.178. The van der Waals surface area contributed by atoms with Crippen LogP contribution in [0.5, 0.6) is 0 Å². The van der Waals surface area contributed by atoms with Gasteiger partial charge in [-0.05, 0) is 23.8 Å². The molecule has 22 heavy (non-hydrogen) atoms. The van der Waals surface area contributed by atoms with E-state index < -0.39 is 0 Å². The summed E-state index contributed by atoms with van der Waals surface area (Å²) in [6, 6.07) is 11.0. The molecule has 0 fully saturated rings. The number of nitrogens with zero attached hydrogens (tertiary/aromatic N) is 2. The van der Waals surface area contributed by atoms with Gasteiger partial charge in [0.2, 0.25) is 0 Å². The monoisotopic (exact) mass is 329 g/mol. The summed E-state index contributed by atoms with van der Waals surface area (Å²) in [5.41, 5.74) is 3.96. The van der Waals surface area contributed by atoms with E-state index in [-0.39, 0.29) is 5.91 Å². The summed E-state index contributed by atoms with van der Waals surface area (Å²) in [7, 11) is 0. The molecule has 4 nitrogen and oxygen atoms in total. The summed E-state index contributed by atoms with van der Waals surface area (Å²) in [6.45, 7) is 0.384. The van der Waals surface area contributed by atoms with Gasteiger partial charge in [0.25, 0.3) is 5.91 Å². The highest BCUT2D eigenvalue weighted by Crippen LogP contribution is 2.20. The van der Waals surface area contributed by atoms with Crippen LogP contribution in [0, 0.1) is 0 Å². The lowest BCUT2D eigenvalue weighted by molar-refractivity contribution is 0.0950. The van der Waals surface area contributed by atoms with Crippen molar-refractivity contribution in [2.45, 2.75) is 6.54 Å². The highest BCUT2D eigenvalue weighted by Gasteiger charge is 2.08. The molecule has 0 aliphatic rings. The van der Waals surface area contributed by atoms with E-state index >= 15 is 0 Å². The van der Waals surface area contributed by atoms with E-state index in [4.69, 9.17) is 11.6 Å². The molecule has 0 aliphatic carbocycles. The van der Waals surface area contributed by atoms with Crippen molar-refractivity contribution in [3.8, 4) is 10.6 Å². The van der Waals surface area contributed by atoms with Crippen LogP contribution in [0.25, 0.3) is 10.6 Å². The molecule has 6 heteroatoms. The number of carbonyl (C=O) groups excluding carboxylic acids is 1. The number of hydrogen-bond donors (Lipinski definition) is 1. The number of thiazole rings is 1. The van der Waals surface area contributed by atoms with E-state index in [9.17, 15) is 4.79 Å². The molecule has 0 unspecified atom stereocenters. The first-order valence-corrected chi connectivity index (χ1v) is 7.86. The van der Waals surface area contributed by atoms with Crippen molar-refractivity contribution in [1.82, 2.24) is 15.3 Å². The van der Waals surface area contributed by atoms with Crippen LogP contribution in [0.2, 0.25) is 5.02 Å². The average molecular weight is 330 g/mol. The Morgan fingerprint density at radius 3 is 2.73 bits per heavy atom. The second-order valence-corrected chi connectivity index (χ2v) is 5.87. The number of halogens is 1. The molecule has 0 saturated carbocycles. The summed E-state index contributed by atoms with van der Waals surface area (Å²) < 4.78 is 0. The molecule has 0 atom stereocenters. The molecule has 110 valence electrons. The van der Waals surface area contributed by atoms with Crippen LogP contribution in [0.15, 0.2) is 54.3 Å². The van der Waals surface area contributed by atoms with Gasteiger partial charge in [0.05, 0.1) is 21.6 Å². The standard InChI is InChI=1S/C16H12ClN3OS/c17-13-4-2-1-3-11(13)7-20-16(21)12-5-6-14(19-8-12)15-9-18-10-22-15/h1-6,8-10H,7H2,(H,20,21). The quantitative estimate of drug-likeness (QED) is 0.792. The Morgan fingerprint density at radius 1 is 1.18 bits per heavy atom. The SMILES string of the molecule is O=C(NCc1ccccc1Cl)c1ccc(-c2cncs2)nc1. The Kier molecular flexibility index (Phi) is 4.46. The molecule has 0 bridgehead atoms. The van der Waals surface area contributed by atoms with Crippen LogP contribution in [0.3, 0.4) is 0 Å². The zero-order valence-corrected chi connectivity index (χ0v) is 13.1. The van der Waals surface area contributed by atoms with E-state index in [1.54, 1.807) is 30.0 Å². The lowest BCUT2D eigenvalue weighted by atomic mass is 10.2. The van der Waals surface area contributed by atoms with Crippen molar-refractivity contribution >= 4 is 28.8 Å². The number of amides is 1. The maximum Gasteiger partial charge on any atom is 0.253 e. The maximum atomic E-state index is 12.1. The number of nitrogens with one attached hydrogen (secondary N) is 1. The van der Waals surface area contributed by atoms with E-state index in [1.165, 1.54) is 11.3 Å². The minimum Gasteiger partial charge on any atom is -0.348 e. The molecule has 2 heterocycles. The molecule has 3 rings (SSSR count). The zero-order chi connectivity index (χ0) is 15.4. The summed E-state index contributed by atoms with van der Waals surface area (Å²) in [5, 5.41) is 3.48. The van der Waals surface area contributed by atoms with Gasteiger partial charge in [-0.15, -0.1) is 11.3 Å². The minimum absolute atomic E-state index is 0.178. The molecular formula is C16H12ClN3OS. The van der Waals surface area contributed by atoms with Crippen LogP contribution >= 0.6 is 22.9 Å². The van der Waals surface area contributed by atoms with Gasteiger partial charge in [-0.3, -0.25) is 14.8 Å². The Morgan fingerprint density at radius 2 is 2.05 bits per heavy atom. The smallest absolute Gasteiger partial charge is 0.253 e. The van der Waals surface area contributed by atoms with E-state index in [0.29, 0.717) is 17.1 Å². The molecule has 1 amide bonds. The number of hydrogen-bond acceptors (Lipinski definition) is 4. The highest BCUT2D eigenvalue weighted by atomic mass is 35.5. The second-order valence-electron chi connectivity index (χ2n) is 4.57. The van der Waals surface area contributed by atoms with Crippen molar-refractivity contribution in [2.24, 2.45) is 0 Å². The van der Waals surface area contributed by atoms with Gasteiger partial charge in [0.1, 0.15) is 0 Å². The third-order valence-electron chi connectivity index (χ3n) is 3.11. The van der Waals surface area contributed by atoms with E-state index in [0.717, 1.165) is 16.1 Å². The van der Waals surface area contributed by atoms with Gasteiger partial charge in [-0.2, -0.15) is 0 Å². The van der Waals surface area contributed by atoms with Crippen LogP contribution in [-0.4, -0.2) is 15.9 Å². The highest BCUT2D eigenvalue weighted by molar-refractivity contribution is 7.13. The van der Waals surface area contributed by atoms with Crippen molar-refractivity contribution in [2.75, 3.05) is 0 Å². The van der Waals surface area contributed by atoms with Crippen LogP contribution < -0.4 is 5.32 Å². The fourth-order valence-electron chi connectivity index (χ4n) is 1.94. The predicted octanol–water partition coefficient (Wildman–Crippen LogP) is 3.79. The Labute approximate surface area is 136 Å². The van der Waals surface area contributed by atoms with Crippen LogP contribution in [0.1, 0.15) is 15.9 Å². The first-order valence-electron chi connectivity index (χ1n) is 6.60. The molecular weight excluding hydrogens is 318 g/mol. The van der Waals surface area contributed by atoms with Crippen molar-refractivity contribution in [1.29, 1.82) is 0 Å². The van der Waals surface area contributed by atoms with Crippen molar-refractivity contribution in [3.63, 3.8) is 0 Å². The number of pyridine rings is 1. The molecule has 1 aromatic carbocycles. The molecule has 0 aliphatic heterocycles. The van der Waals surface area contributed by atoms with Gasteiger partial charge < -0.3 is 5.32 Å². The molecule has 3 aromatic rings. The largest absolute Gasteiger partial charge is 0.348 e. The maximum absolute atomic E-state index is 12.1. The first kappa shape index (κ1) is 14.7. The summed E-state index contributed by atoms with van der Waals surface area (Å²) in [6.07, 6.45) is 3.32. The van der Waals surface area contributed by atoms with Gasteiger partial charge in [0, 0.05) is 24.0 Å². The Balaban J connectivity index is 1.67. The van der Waals surface area contributed by atoms with Gasteiger partial charge >= 0.3 is 0 Å². The van der Waals surface area contributed by atoms with Crippen molar-refractivity contribution < 1.29 is 4.79 Å². The third-order valence-corrected chi connectivity index (χ3v) is 4.27. The second kappa shape index (κ2) is 6.68. The summed E-state index contributed by atoms with van der Waals surface area (Å²) in [4.78, 5) is 21.4.